The van der Waals surface area contributed by atoms with Gasteiger partial charge in [-0.2, -0.15) is 0 Å². The van der Waals surface area contributed by atoms with Crippen LogP contribution in [-0.4, -0.2) is 61.4 Å². The highest BCUT2D eigenvalue weighted by atomic mass is 35.5. The van der Waals surface area contributed by atoms with Crippen molar-refractivity contribution in [1.29, 1.82) is 0 Å². The van der Waals surface area contributed by atoms with Crippen LogP contribution in [0.1, 0.15) is 232 Å². The van der Waals surface area contributed by atoms with Crippen molar-refractivity contribution in [2.45, 2.75) is 238 Å². The third-order valence-corrected chi connectivity index (χ3v) is 11.0. The van der Waals surface area contributed by atoms with Crippen LogP contribution >= 0.6 is 24.8 Å². The zero-order valence-electron chi connectivity index (χ0n) is 38.6. The SMILES string of the molecule is CCCCCCCC/C=C\CCCCCCCC(=O)NCCCCN(CCCNC(=O)CCCCCCC/C=C\CCCCCCCC)C(=O)[C@H](N)CCCCN.Cl.Cl. The van der Waals surface area contributed by atoms with E-state index in [-0.39, 0.29) is 42.5 Å². The molecule has 0 saturated heterocycles. The van der Waals surface area contributed by atoms with Crippen LogP contribution < -0.4 is 22.1 Å². The summed E-state index contributed by atoms with van der Waals surface area (Å²) in [6, 6.07) is -0.529. The summed E-state index contributed by atoms with van der Waals surface area (Å²) in [6.07, 6.45) is 47.7. The molecular weight excluding hydrogens is 777 g/mol. The Hall–Kier alpha value is -1.61. The molecule has 0 unspecified atom stereocenters. The molecule has 0 aliphatic heterocycles. The van der Waals surface area contributed by atoms with E-state index in [0.717, 1.165) is 51.4 Å². The summed E-state index contributed by atoms with van der Waals surface area (Å²) in [4.78, 5) is 39.9. The Morgan fingerprint density at radius 2 is 0.847 bits per heavy atom. The topological polar surface area (TPSA) is 131 Å². The predicted octanol–water partition coefficient (Wildman–Crippen LogP) is 12.6. The van der Waals surface area contributed by atoms with Crippen molar-refractivity contribution < 1.29 is 14.4 Å². The average Bonchev–Trinajstić information content (AvgIpc) is 3.21. The van der Waals surface area contributed by atoms with Gasteiger partial charge in [-0.3, -0.25) is 14.4 Å². The number of carbonyl (C=O) groups excluding carboxylic acids is 3. The lowest BCUT2D eigenvalue weighted by atomic mass is 10.1. The first-order valence-corrected chi connectivity index (χ1v) is 24.5. The molecule has 0 spiro atoms. The maximum Gasteiger partial charge on any atom is 0.239 e. The van der Waals surface area contributed by atoms with Crippen LogP contribution in [0.2, 0.25) is 0 Å². The number of rotatable bonds is 44. The van der Waals surface area contributed by atoms with Gasteiger partial charge < -0.3 is 27.0 Å². The predicted molar refractivity (Wildman–Crippen MR) is 261 cm³/mol. The first kappa shape index (κ1) is 61.7. The molecule has 0 radical (unpaired) electrons. The summed E-state index contributed by atoms with van der Waals surface area (Å²) in [7, 11) is 0. The summed E-state index contributed by atoms with van der Waals surface area (Å²) in [5.41, 5.74) is 11.9. The Morgan fingerprint density at radius 1 is 0.475 bits per heavy atom. The van der Waals surface area contributed by atoms with Crippen molar-refractivity contribution in [3.8, 4) is 0 Å². The fraction of sp³-hybridized carbons (Fsp3) is 0.857. The van der Waals surface area contributed by atoms with Gasteiger partial charge in [-0.1, -0.05) is 147 Å². The highest BCUT2D eigenvalue weighted by Crippen LogP contribution is 2.12. The molecule has 0 aromatic heterocycles. The van der Waals surface area contributed by atoms with Gasteiger partial charge in [0.1, 0.15) is 0 Å². The van der Waals surface area contributed by atoms with E-state index in [1.165, 1.54) is 141 Å². The van der Waals surface area contributed by atoms with E-state index in [9.17, 15) is 14.4 Å². The van der Waals surface area contributed by atoms with Gasteiger partial charge in [0, 0.05) is 39.0 Å². The summed E-state index contributed by atoms with van der Waals surface area (Å²) < 4.78 is 0. The highest BCUT2D eigenvalue weighted by Gasteiger charge is 2.20. The number of hydrogen-bond acceptors (Lipinski definition) is 5. The maximum absolute atomic E-state index is 13.2. The molecule has 59 heavy (non-hydrogen) atoms. The fourth-order valence-electron chi connectivity index (χ4n) is 7.24. The van der Waals surface area contributed by atoms with Gasteiger partial charge in [0.05, 0.1) is 6.04 Å². The van der Waals surface area contributed by atoms with Gasteiger partial charge in [0.25, 0.3) is 0 Å². The Balaban J connectivity index is -0.0000157. The fourth-order valence-corrected chi connectivity index (χ4v) is 7.24. The Kier molecular flexibility index (Phi) is 53.1. The van der Waals surface area contributed by atoms with E-state index in [1.807, 2.05) is 4.90 Å². The van der Waals surface area contributed by atoms with E-state index >= 15 is 0 Å². The smallest absolute Gasteiger partial charge is 0.239 e. The second-order valence-electron chi connectivity index (χ2n) is 16.6. The molecule has 0 saturated carbocycles. The van der Waals surface area contributed by atoms with Crippen LogP contribution in [-0.2, 0) is 14.4 Å². The van der Waals surface area contributed by atoms with Crippen LogP contribution in [0.4, 0.5) is 0 Å². The van der Waals surface area contributed by atoms with Crippen molar-refractivity contribution >= 4 is 42.5 Å². The van der Waals surface area contributed by atoms with E-state index in [2.05, 4.69) is 48.8 Å². The largest absolute Gasteiger partial charge is 0.356 e. The summed E-state index contributed by atoms with van der Waals surface area (Å²) in [5.74, 6) is 0.196. The monoisotopic (exact) mass is 874 g/mol. The molecule has 0 bridgehead atoms. The molecule has 350 valence electrons. The lowest BCUT2D eigenvalue weighted by Gasteiger charge is -2.26. The zero-order chi connectivity index (χ0) is 41.7. The minimum Gasteiger partial charge on any atom is -0.356 e. The molecule has 0 aliphatic rings. The molecular formula is C49H97Cl2N5O3. The number of amides is 3. The molecule has 0 fully saturated rings. The second-order valence-corrected chi connectivity index (χ2v) is 16.6. The summed E-state index contributed by atoms with van der Waals surface area (Å²) >= 11 is 0. The van der Waals surface area contributed by atoms with Gasteiger partial charge in [-0.25, -0.2) is 0 Å². The molecule has 0 aliphatic carbocycles. The van der Waals surface area contributed by atoms with Crippen LogP contribution in [0.3, 0.4) is 0 Å². The van der Waals surface area contributed by atoms with Crippen LogP contribution in [0.5, 0.6) is 0 Å². The lowest BCUT2D eigenvalue weighted by Crippen LogP contribution is -2.45. The molecule has 1 atom stereocenters. The van der Waals surface area contributed by atoms with Crippen molar-refractivity contribution in [1.82, 2.24) is 15.5 Å². The minimum atomic E-state index is -0.529. The lowest BCUT2D eigenvalue weighted by molar-refractivity contribution is -0.133. The zero-order valence-corrected chi connectivity index (χ0v) is 40.2. The number of unbranched alkanes of at least 4 members (excludes halogenated alkanes) is 24. The van der Waals surface area contributed by atoms with Gasteiger partial charge >= 0.3 is 0 Å². The van der Waals surface area contributed by atoms with E-state index in [0.29, 0.717) is 58.4 Å². The first-order valence-electron chi connectivity index (χ1n) is 24.5. The number of nitrogens with one attached hydrogen (secondary N) is 2. The Bertz CT molecular complexity index is 968. The molecule has 6 N–H and O–H groups in total. The Labute approximate surface area is 377 Å². The molecule has 10 heteroatoms. The van der Waals surface area contributed by atoms with Gasteiger partial charge in [0.2, 0.25) is 17.7 Å². The average molecular weight is 875 g/mol. The van der Waals surface area contributed by atoms with E-state index < -0.39 is 6.04 Å². The standard InChI is InChI=1S/C49H95N5O3.2ClH/c1-3-5-7-9-11-13-15-17-19-21-23-25-27-29-31-39-47(55)52-42-35-36-44-54(49(57)46(51)38-33-34-41-50)45-37-43-53-48(56)40-32-30-28-26-24-22-20-18-16-14-12-10-8-6-4-2;;/h17-20,46H,3-16,21-45,50-51H2,1-2H3,(H,52,55)(H,53,56);2*1H/b19-17-,20-18-;;/t46-;;/m1../s1. The van der Waals surface area contributed by atoms with Crippen LogP contribution in [0.25, 0.3) is 0 Å². The van der Waals surface area contributed by atoms with Crippen LogP contribution in [0.15, 0.2) is 24.3 Å². The number of nitrogens with two attached hydrogens (primary N) is 2. The van der Waals surface area contributed by atoms with Crippen molar-refractivity contribution in [2.75, 3.05) is 32.7 Å². The first-order chi connectivity index (χ1) is 28.0. The van der Waals surface area contributed by atoms with Gasteiger partial charge in [0.15, 0.2) is 0 Å². The number of halogens is 2. The number of nitrogens with zero attached hydrogens (tertiary/aromatic N) is 1. The summed E-state index contributed by atoms with van der Waals surface area (Å²) in [5, 5.41) is 6.12. The second kappa shape index (κ2) is 50.7. The molecule has 0 aromatic carbocycles. The quantitative estimate of drug-likeness (QED) is 0.0358. The van der Waals surface area contributed by atoms with E-state index in [4.69, 9.17) is 11.5 Å². The maximum atomic E-state index is 13.2. The Morgan fingerprint density at radius 3 is 1.27 bits per heavy atom. The number of hydrogen-bond donors (Lipinski definition) is 4. The van der Waals surface area contributed by atoms with Gasteiger partial charge in [-0.05, 0) is 103 Å². The highest BCUT2D eigenvalue weighted by molar-refractivity contribution is 5.85. The molecule has 0 heterocycles. The van der Waals surface area contributed by atoms with Gasteiger partial charge in [-0.15, -0.1) is 24.8 Å². The van der Waals surface area contributed by atoms with E-state index in [1.54, 1.807) is 0 Å². The minimum absolute atomic E-state index is 0. The molecule has 0 aromatic rings. The van der Waals surface area contributed by atoms with Crippen molar-refractivity contribution in [2.24, 2.45) is 11.5 Å². The molecule has 0 rings (SSSR count). The number of allylic oxidation sites excluding steroid dienone is 4. The third kappa shape index (κ3) is 45.7. The molecule has 8 nitrogen and oxygen atoms in total. The van der Waals surface area contributed by atoms with Crippen molar-refractivity contribution in [3.63, 3.8) is 0 Å². The summed E-state index contributed by atoms with van der Waals surface area (Å²) in [6.45, 7) is 7.49. The van der Waals surface area contributed by atoms with Crippen molar-refractivity contribution in [3.05, 3.63) is 24.3 Å². The normalized spacial score (nSPS) is 11.7. The third-order valence-electron chi connectivity index (χ3n) is 11.0. The van der Waals surface area contributed by atoms with Crippen LogP contribution in [0, 0.1) is 0 Å². The number of carbonyl (C=O) groups is 3. The molecule has 3 amide bonds.